The first-order chi connectivity index (χ1) is 10.6. The third kappa shape index (κ3) is 3.48. The molecule has 0 aliphatic carbocycles. The van der Waals surface area contributed by atoms with Crippen molar-refractivity contribution in [2.24, 2.45) is 0 Å². The van der Waals surface area contributed by atoms with Crippen LogP contribution in [0.15, 0.2) is 54.6 Å². The molecule has 1 N–H and O–H groups in total. The van der Waals surface area contributed by atoms with Crippen molar-refractivity contribution in [1.29, 1.82) is 0 Å². The summed E-state index contributed by atoms with van der Waals surface area (Å²) in [5.74, 6) is -0.114. The van der Waals surface area contributed by atoms with Crippen LogP contribution in [0, 0.1) is 0 Å². The maximum atomic E-state index is 11.8. The zero-order chi connectivity index (χ0) is 16.0. The van der Waals surface area contributed by atoms with Crippen molar-refractivity contribution in [3.63, 3.8) is 0 Å². The molecule has 0 amide bonds. The number of carbonyl (C=O) groups excluding carboxylic acids is 1. The average Bonchev–Trinajstić information content (AvgIpc) is 2.53. The largest absolute Gasteiger partial charge is 0.508 e. The fourth-order valence-electron chi connectivity index (χ4n) is 2.73. The van der Waals surface area contributed by atoms with Crippen LogP contribution in [0.5, 0.6) is 5.75 Å². The molecule has 3 nitrogen and oxygen atoms in total. The summed E-state index contributed by atoms with van der Waals surface area (Å²) < 4.78 is 5.83. The van der Waals surface area contributed by atoms with Crippen LogP contribution >= 0.6 is 0 Å². The summed E-state index contributed by atoms with van der Waals surface area (Å²) in [4.78, 5) is 11.8. The summed E-state index contributed by atoms with van der Waals surface area (Å²) in [6.45, 7) is 3.55. The molecular weight excluding hydrogens is 276 g/mol. The number of phenols is 1. The first-order valence-corrected chi connectivity index (χ1v) is 7.63. The Morgan fingerprint density at radius 2 is 1.64 bits per heavy atom. The quantitative estimate of drug-likeness (QED) is 0.805. The minimum absolute atomic E-state index is 0.198. The van der Waals surface area contributed by atoms with E-state index in [1.807, 2.05) is 42.5 Å². The van der Waals surface area contributed by atoms with Crippen LogP contribution in [-0.2, 0) is 15.1 Å². The predicted octanol–water partition coefficient (Wildman–Crippen LogP) is 4.39. The van der Waals surface area contributed by atoms with Gasteiger partial charge < -0.3 is 9.84 Å². The molecule has 0 bridgehead atoms. The molecule has 0 aliphatic rings. The Morgan fingerprint density at radius 1 is 1.05 bits per heavy atom. The first kappa shape index (κ1) is 16.1. The highest BCUT2D eigenvalue weighted by Crippen LogP contribution is 2.39. The zero-order valence-corrected chi connectivity index (χ0v) is 13.1. The summed E-state index contributed by atoms with van der Waals surface area (Å²) in [7, 11) is 0. The highest BCUT2D eigenvalue weighted by molar-refractivity contribution is 5.67. The molecule has 0 spiro atoms. The minimum atomic E-state index is -0.809. The van der Waals surface area contributed by atoms with Gasteiger partial charge in [0.05, 0.1) is 0 Å². The maximum absolute atomic E-state index is 11.8. The zero-order valence-electron chi connectivity index (χ0n) is 13.1. The Morgan fingerprint density at radius 3 is 2.18 bits per heavy atom. The van der Waals surface area contributed by atoms with E-state index in [0.29, 0.717) is 6.42 Å². The van der Waals surface area contributed by atoms with Crippen LogP contribution in [0.3, 0.4) is 0 Å². The van der Waals surface area contributed by atoms with E-state index in [1.165, 1.54) is 6.92 Å². The van der Waals surface area contributed by atoms with Gasteiger partial charge in [0.25, 0.3) is 0 Å². The van der Waals surface area contributed by atoms with Gasteiger partial charge in [-0.2, -0.15) is 0 Å². The summed E-state index contributed by atoms with van der Waals surface area (Å²) >= 11 is 0. The van der Waals surface area contributed by atoms with E-state index in [9.17, 15) is 9.90 Å². The Hall–Kier alpha value is -2.29. The maximum Gasteiger partial charge on any atom is 0.303 e. The van der Waals surface area contributed by atoms with Crippen molar-refractivity contribution in [3.8, 4) is 5.75 Å². The molecule has 0 heterocycles. The van der Waals surface area contributed by atoms with Gasteiger partial charge in [-0.15, -0.1) is 0 Å². The standard InChI is InChI=1S/C19H22O3/c1-3-4-14-19(22-15(2)20,16-8-6-5-7-9-16)17-10-12-18(21)13-11-17/h5-13,21H,3-4,14H2,1-2H3. The van der Waals surface area contributed by atoms with Crippen molar-refractivity contribution >= 4 is 5.97 Å². The molecule has 0 fully saturated rings. The summed E-state index contributed by atoms with van der Waals surface area (Å²) in [6.07, 6.45) is 2.65. The molecular formula is C19H22O3. The number of benzene rings is 2. The summed E-state index contributed by atoms with van der Waals surface area (Å²) in [6, 6.07) is 16.7. The van der Waals surface area contributed by atoms with E-state index < -0.39 is 5.60 Å². The minimum Gasteiger partial charge on any atom is -0.508 e. The smallest absolute Gasteiger partial charge is 0.303 e. The number of hydrogen-bond acceptors (Lipinski definition) is 3. The normalized spacial score (nSPS) is 13.4. The van der Waals surface area contributed by atoms with Crippen molar-refractivity contribution in [2.45, 2.75) is 38.7 Å². The Bertz CT molecular complexity index is 604. The number of ether oxygens (including phenoxy) is 1. The Balaban J connectivity index is 2.57. The molecule has 1 unspecified atom stereocenters. The molecule has 2 aromatic carbocycles. The van der Waals surface area contributed by atoms with E-state index in [4.69, 9.17) is 4.74 Å². The highest BCUT2D eigenvalue weighted by atomic mass is 16.6. The van der Waals surface area contributed by atoms with Crippen LogP contribution in [0.4, 0.5) is 0 Å². The van der Waals surface area contributed by atoms with Gasteiger partial charge in [-0.1, -0.05) is 55.8 Å². The first-order valence-electron chi connectivity index (χ1n) is 7.63. The molecule has 2 aromatic rings. The molecule has 22 heavy (non-hydrogen) atoms. The molecule has 0 saturated carbocycles. The molecule has 0 saturated heterocycles. The van der Waals surface area contributed by atoms with Gasteiger partial charge >= 0.3 is 5.97 Å². The van der Waals surface area contributed by atoms with E-state index in [1.54, 1.807) is 12.1 Å². The van der Waals surface area contributed by atoms with Gasteiger partial charge in [0, 0.05) is 18.1 Å². The third-order valence-corrected chi connectivity index (χ3v) is 3.77. The molecule has 1 atom stereocenters. The summed E-state index contributed by atoms with van der Waals surface area (Å²) in [5.41, 5.74) is 1.01. The fourth-order valence-corrected chi connectivity index (χ4v) is 2.73. The highest BCUT2D eigenvalue weighted by Gasteiger charge is 2.37. The average molecular weight is 298 g/mol. The van der Waals surface area contributed by atoms with Crippen molar-refractivity contribution in [2.75, 3.05) is 0 Å². The SMILES string of the molecule is CCCCC(OC(C)=O)(c1ccccc1)c1ccc(O)cc1. The second-order valence-corrected chi connectivity index (χ2v) is 5.44. The summed E-state index contributed by atoms with van der Waals surface area (Å²) in [5, 5.41) is 9.54. The Kier molecular flexibility index (Phi) is 5.21. The number of hydrogen-bond donors (Lipinski definition) is 1. The molecule has 116 valence electrons. The second-order valence-electron chi connectivity index (χ2n) is 5.44. The number of aromatic hydroxyl groups is 1. The van der Waals surface area contributed by atoms with E-state index >= 15 is 0 Å². The van der Waals surface area contributed by atoms with Gasteiger partial charge in [0.1, 0.15) is 5.75 Å². The topological polar surface area (TPSA) is 46.5 Å². The Labute approximate surface area is 131 Å². The number of phenolic OH excluding ortho intramolecular Hbond substituents is 1. The van der Waals surface area contributed by atoms with Crippen LogP contribution in [0.1, 0.15) is 44.2 Å². The number of rotatable bonds is 6. The van der Waals surface area contributed by atoms with Gasteiger partial charge in [-0.05, 0) is 25.0 Å². The van der Waals surface area contributed by atoms with Gasteiger partial charge in [-0.25, -0.2) is 0 Å². The lowest BCUT2D eigenvalue weighted by Crippen LogP contribution is -2.33. The lowest BCUT2D eigenvalue weighted by Gasteiger charge is -2.34. The molecule has 2 rings (SSSR count). The third-order valence-electron chi connectivity index (χ3n) is 3.77. The number of unbranched alkanes of at least 4 members (excludes halogenated alkanes) is 1. The van der Waals surface area contributed by atoms with Crippen LogP contribution in [0.2, 0.25) is 0 Å². The predicted molar refractivity (Wildman–Crippen MR) is 86.6 cm³/mol. The lowest BCUT2D eigenvalue weighted by atomic mass is 9.82. The van der Waals surface area contributed by atoms with Crippen molar-refractivity contribution in [3.05, 3.63) is 65.7 Å². The molecule has 0 aliphatic heterocycles. The molecule has 0 aromatic heterocycles. The van der Waals surface area contributed by atoms with Crippen LogP contribution in [0.25, 0.3) is 0 Å². The van der Waals surface area contributed by atoms with Crippen molar-refractivity contribution in [1.82, 2.24) is 0 Å². The number of esters is 1. The van der Waals surface area contributed by atoms with Gasteiger partial charge in [0.2, 0.25) is 0 Å². The van der Waals surface area contributed by atoms with E-state index in [0.717, 1.165) is 24.0 Å². The van der Waals surface area contributed by atoms with Crippen LogP contribution < -0.4 is 0 Å². The van der Waals surface area contributed by atoms with Gasteiger partial charge in [0.15, 0.2) is 5.60 Å². The monoisotopic (exact) mass is 298 g/mol. The fraction of sp³-hybridized carbons (Fsp3) is 0.316. The molecule has 3 heteroatoms. The van der Waals surface area contributed by atoms with E-state index in [2.05, 4.69) is 6.92 Å². The number of carbonyl (C=O) groups is 1. The van der Waals surface area contributed by atoms with Gasteiger partial charge in [-0.3, -0.25) is 4.79 Å². The lowest BCUT2D eigenvalue weighted by molar-refractivity contribution is -0.154. The van der Waals surface area contributed by atoms with E-state index in [-0.39, 0.29) is 11.7 Å². The second kappa shape index (κ2) is 7.12. The van der Waals surface area contributed by atoms with Crippen LogP contribution in [-0.4, -0.2) is 11.1 Å². The molecule has 0 radical (unpaired) electrons. The van der Waals surface area contributed by atoms with Crippen molar-refractivity contribution < 1.29 is 14.6 Å².